The van der Waals surface area contributed by atoms with Gasteiger partial charge in [-0.05, 0) is 69.9 Å². The van der Waals surface area contributed by atoms with Gasteiger partial charge in [-0.1, -0.05) is 38.1 Å². The zero-order valence-corrected chi connectivity index (χ0v) is 21.3. The number of hydrogen-bond acceptors (Lipinski definition) is 5. The van der Waals surface area contributed by atoms with Crippen molar-refractivity contribution in [1.82, 2.24) is 35.1 Å². The fourth-order valence-electron chi connectivity index (χ4n) is 4.39. The van der Waals surface area contributed by atoms with Crippen molar-refractivity contribution in [2.75, 3.05) is 26.2 Å². The minimum atomic E-state index is 0.220. The summed E-state index contributed by atoms with van der Waals surface area (Å²) in [5.74, 6) is 1.99. The molecular formula is C27H43N7. The molecule has 2 aromatic heterocycles. The smallest absolute Gasteiger partial charge is 0.123 e. The fourth-order valence-corrected chi connectivity index (χ4v) is 4.39. The third-order valence-corrected chi connectivity index (χ3v) is 6.26. The van der Waals surface area contributed by atoms with Crippen molar-refractivity contribution in [2.45, 2.75) is 72.1 Å². The zero-order valence-electron chi connectivity index (χ0n) is 21.3. The van der Waals surface area contributed by atoms with E-state index in [0.717, 1.165) is 57.2 Å². The Morgan fingerprint density at radius 1 is 0.853 bits per heavy atom. The third kappa shape index (κ3) is 8.70. The monoisotopic (exact) mass is 465 g/mol. The summed E-state index contributed by atoms with van der Waals surface area (Å²) in [6.07, 6.45) is 12.1. The maximum Gasteiger partial charge on any atom is 0.123 e. The van der Waals surface area contributed by atoms with Crippen molar-refractivity contribution in [3.05, 3.63) is 71.8 Å². The number of H-pyrrole nitrogens is 2. The first-order chi connectivity index (χ1) is 16.7. The van der Waals surface area contributed by atoms with E-state index in [1.54, 1.807) is 0 Å². The standard InChI is InChI=1S/C27H43N7/c1-4-17-33(18-5-2)21-25-10-8-24(9-11-25)20-28-12-6-7-19-34(22-26-29-13-14-30-26)23(3)27-31-15-16-32-27/h8-11,13-16,23,28H,4-7,12,17-22H2,1-3H3,(H,29,30)(H,31,32). The molecular weight excluding hydrogens is 422 g/mol. The molecule has 1 aromatic carbocycles. The number of imidazole rings is 2. The van der Waals surface area contributed by atoms with Crippen LogP contribution in [-0.4, -0.2) is 55.9 Å². The van der Waals surface area contributed by atoms with Crippen LogP contribution in [0.25, 0.3) is 0 Å². The second kappa shape index (κ2) is 14.7. The van der Waals surface area contributed by atoms with E-state index < -0.39 is 0 Å². The van der Waals surface area contributed by atoms with Crippen molar-refractivity contribution in [1.29, 1.82) is 0 Å². The molecule has 2 heterocycles. The van der Waals surface area contributed by atoms with Gasteiger partial charge in [0.1, 0.15) is 11.6 Å². The number of rotatable bonds is 17. The highest BCUT2D eigenvalue weighted by molar-refractivity contribution is 5.22. The van der Waals surface area contributed by atoms with Crippen LogP contribution < -0.4 is 5.32 Å². The molecule has 1 unspecified atom stereocenters. The summed E-state index contributed by atoms with van der Waals surface area (Å²) in [4.78, 5) is 20.3. The molecule has 186 valence electrons. The Balaban J connectivity index is 1.37. The number of aromatic amines is 2. The van der Waals surface area contributed by atoms with Gasteiger partial charge in [-0.25, -0.2) is 9.97 Å². The molecule has 0 saturated carbocycles. The highest BCUT2D eigenvalue weighted by Crippen LogP contribution is 2.19. The molecule has 0 aliphatic rings. The number of aromatic nitrogens is 4. The minimum absolute atomic E-state index is 0.220. The Hall–Kier alpha value is -2.48. The topological polar surface area (TPSA) is 75.9 Å². The normalized spacial score (nSPS) is 12.6. The van der Waals surface area contributed by atoms with Gasteiger partial charge in [0, 0.05) is 37.9 Å². The number of nitrogens with one attached hydrogen (secondary N) is 3. The molecule has 0 radical (unpaired) electrons. The highest BCUT2D eigenvalue weighted by atomic mass is 15.2. The molecule has 7 heteroatoms. The summed E-state index contributed by atoms with van der Waals surface area (Å²) >= 11 is 0. The molecule has 0 amide bonds. The van der Waals surface area contributed by atoms with Gasteiger partial charge in [-0.2, -0.15) is 0 Å². The van der Waals surface area contributed by atoms with E-state index in [1.165, 1.54) is 37.1 Å². The molecule has 0 bridgehead atoms. The molecule has 3 rings (SSSR count). The Morgan fingerprint density at radius 3 is 2.21 bits per heavy atom. The first-order valence-corrected chi connectivity index (χ1v) is 12.9. The van der Waals surface area contributed by atoms with Crippen molar-refractivity contribution < 1.29 is 0 Å². The number of hydrogen-bond donors (Lipinski definition) is 3. The Bertz CT molecular complexity index is 868. The summed E-state index contributed by atoms with van der Waals surface area (Å²) in [6.45, 7) is 13.9. The molecule has 0 aliphatic heterocycles. The van der Waals surface area contributed by atoms with Gasteiger partial charge in [0.25, 0.3) is 0 Å². The van der Waals surface area contributed by atoms with E-state index in [0.29, 0.717) is 0 Å². The first-order valence-electron chi connectivity index (χ1n) is 12.9. The van der Waals surface area contributed by atoms with Crippen LogP contribution in [0.1, 0.15) is 75.3 Å². The molecule has 34 heavy (non-hydrogen) atoms. The van der Waals surface area contributed by atoms with Gasteiger partial charge in [0.15, 0.2) is 0 Å². The lowest BCUT2D eigenvalue weighted by molar-refractivity contribution is 0.186. The third-order valence-electron chi connectivity index (χ3n) is 6.26. The van der Waals surface area contributed by atoms with Gasteiger partial charge in [0.05, 0.1) is 12.6 Å². The Kier molecular flexibility index (Phi) is 11.3. The van der Waals surface area contributed by atoms with Gasteiger partial charge in [-0.15, -0.1) is 0 Å². The van der Waals surface area contributed by atoms with Gasteiger partial charge in [-0.3, -0.25) is 9.80 Å². The zero-order chi connectivity index (χ0) is 24.0. The van der Waals surface area contributed by atoms with Crippen molar-refractivity contribution in [3.8, 4) is 0 Å². The van der Waals surface area contributed by atoms with Gasteiger partial charge < -0.3 is 15.3 Å². The lowest BCUT2D eigenvalue weighted by atomic mass is 10.1. The summed E-state index contributed by atoms with van der Waals surface area (Å²) in [5.41, 5.74) is 2.76. The number of benzene rings is 1. The van der Waals surface area contributed by atoms with Gasteiger partial charge >= 0.3 is 0 Å². The summed E-state index contributed by atoms with van der Waals surface area (Å²) in [7, 11) is 0. The predicted octanol–water partition coefficient (Wildman–Crippen LogP) is 4.89. The number of unbranched alkanes of at least 4 members (excludes halogenated alkanes) is 1. The molecule has 7 nitrogen and oxygen atoms in total. The molecule has 3 aromatic rings. The van der Waals surface area contributed by atoms with Crippen molar-refractivity contribution in [2.24, 2.45) is 0 Å². The van der Waals surface area contributed by atoms with Crippen LogP contribution in [0.4, 0.5) is 0 Å². The lowest BCUT2D eigenvalue weighted by Crippen LogP contribution is -2.29. The fraction of sp³-hybridized carbons (Fsp3) is 0.556. The van der Waals surface area contributed by atoms with Crippen LogP contribution in [0, 0.1) is 0 Å². The largest absolute Gasteiger partial charge is 0.348 e. The molecule has 0 aliphatic carbocycles. The summed E-state index contributed by atoms with van der Waals surface area (Å²) in [5, 5.41) is 3.61. The van der Waals surface area contributed by atoms with E-state index in [4.69, 9.17) is 0 Å². The second-order valence-corrected chi connectivity index (χ2v) is 9.13. The predicted molar refractivity (Wildman–Crippen MR) is 139 cm³/mol. The van der Waals surface area contributed by atoms with E-state index in [2.05, 4.69) is 80.1 Å². The summed E-state index contributed by atoms with van der Waals surface area (Å²) in [6, 6.07) is 9.34. The van der Waals surface area contributed by atoms with Crippen LogP contribution in [0.3, 0.4) is 0 Å². The van der Waals surface area contributed by atoms with Gasteiger partial charge in [0.2, 0.25) is 0 Å². The van der Waals surface area contributed by atoms with E-state index in [-0.39, 0.29) is 6.04 Å². The number of nitrogens with zero attached hydrogens (tertiary/aromatic N) is 4. The SMILES string of the molecule is CCCN(CCC)Cc1ccc(CNCCCCN(Cc2ncc[nH]2)C(C)c2ncc[nH]2)cc1. The first kappa shape index (κ1) is 26.1. The second-order valence-electron chi connectivity index (χ2n) is 9.13. The molecule has 3 N–H and O–H groups in total. The molecule has 1 atom stereocenters. The molecule has 0 fully saturated rings. The lowest BCUT2D eigenvalue weighted by Gasteiger charge is -2.27. The van der Waals surface area contributed by atoms with Crippen molar-refractivity contribution >= 4 is 0 Å². The van der Waals surface area contributed by atoms with E-state index in [9.17, 15) is 0 Å². The van der Waals surface area contributed by atoms with Crippen LogP contribution in [-0.2, 0) is 19.6 Å². The highest BCUT2D eigenvalue weighted by Gasteiger charge is 2.18. The quantitative estimate of drug-likeness (QED) is 0.248. The van der Waals surface area contributed by atoms with Crippen LogP contribution >= 0.6 is 0 Å². The van der Waals surface area contributed by atoms with Crippen LogP contribution in [0.15, 0.2) is 49.1 Å². The average Bonchev–Trinajstić information content (AvgIpc) is 3.56. The maximum absolute atomic E-state index is 4.45. The molecule has 0 spiro atoms. The Morgan fingerprint density at radius 2 is 1.56 bits per heavy atom. The van der Waals surface area contributed by atoms with Crippen LogP contribution in [0.2, 0.25) is 0 Å². The van der Waals surface area contributed by atoms with E-state index >= 15 is 0 Å². The van der Waals surface area contributed by atoms with E-state index in [1.807, 2.05) is 24.8 Å². The summed E-state index contributed by atoms with van der Waals surface area (Å²) < 4.78 is 0. The van der Waals surface area contributed by atoms with Crippen LogP contribution in [0.5, 0.6) is 0 Å². The average molecular weight is 466 g/mol. The maximum atomic E-state index is 4.45. The minimum Gasteiger partial charge on any atom is -0.348 e. The van der Waals surface area contributed by atoms with Crippen molar-refractivity contribution in [3.63, 3.8) is 0 Å². The molecule has 0 saturated heterocycles. The Labute approximate surface area is 205 Å².